The number of carbonyl (C=O) groups excluding carboxylic acids is 1. The van der Waals surface area contributed by atoms with E-state index < -0.39 is 0 Å². The van der Waals surface area contributed by atoms with Gasteiger partial charge in [-0.2, -0.15) is 0 Å². The maximum absolute atomic E-state index is 12.8. The lowest BCUT2D eigenvalue weighted by Gasteiger charge is -2.32. The summed E-state index contributed by atoms with van der Waals surface area (Å²) in [6.07, 6.45) is 3.59. The number of hydrogen-bond acceptors (Lipinski definition) is 5. The monoisotopic (exact) mass is 470 g/mol. The van der Waals surface area contributed by atoms with Gasteiger partial charge in [0.25, 0.3) is 0 Å². The number of nitrogens with zero attached hydrogens (tertiary/aromatic N) is 1. The van der Waals surface area contributed by atoms with Crippen molar-refractivity contribution in [3.63, 3.8) is 0 Å². The molecule has 5 nitrogen and oxygen atoms in total. The van der Waals surface area contributed by atoms with Gasteiger partial charge in [0.2, 0.25) is 0 Å². The Balaban J connectivity index is 1.17. The van der Waals surface area contributed by atoms with Crippen LogP contribution in [-0.4, -0.2) is 44.7 Å². The molecule has 2 fully saturated rings. The molecule has 2 saturated heterocycles. The second-order valence-corrected chi connectivity index (χ2v) is 9.46. The summed E-state index contributed by atoms with van der Waals surface area (Å²) in [5.74, 6) is 1.06. The van der Waals surface area contributed by atoms with Crippen LogP contribution >= 0.6 is 0 Å². The lowest BCUT2D eigenvalue weighted by atomic mass is 9.87. The van der Waals surface area contributed by atoms with E-state index >= 15 is 0 Å². The van der Waals surface area contributed by atoms with E-state index in [1.807, 2.05) is 48.5 Å². The molecule has 35 heavy (non-hydrogen) atoms. The fourth-order valence-electron chi connectivity index (χ4n) is 5.06. The van der Waals surface area contributed by atoms with Gasteiger partial charge >= 0.3 is 0 Å². The van der Waals surface area contributed by atoms with Crippen LogP contribution in [0.15, 0.2) is 78.9 Å². The van der Waals surface area contributed by atoms with Crippen LogP contribution in [0.5, 0.6) is 5.75 Å². The molecule has 5 rings (SSSR count). The molecular formula is C30H34N2O3. The van der Waals surface area contributed by atoms with Gasteiger partial charge in [0.1, 0.15) is 5.75 Å². The van der Waals surface area contributed by atoms with E-state index in [1.165, 1.54) is 24.0 Å². The quantitative estimate of drug-likeness (QED) is 0.435. The molecule has 2 atom stereocenters. The topological polar surface area (TPSA) is 50.8 Å². The molecular weight excluding hydrogens is 436 g/mol. The van der Waals surface area contributed by atoms with Crippen molar-refractivity contribution in [3.05, 3.63) is 95.6 Å². The Bertz CT molecular complexity index is 1090. The van der Waals surface area contributed by atoms with Crippen LogP contribution < -0.4 is 15.0 Å². The van der Waals surface area contributed by atoms with Crippen molar-refractivity contribution in [1.29, 1.82) is 0 Å². The molecule has 0 aromatic heterocycles. The highest BCUT2D eigenvalue weighted by Crippen LogP contribution is 2.30. The van der Waals surface area contributed by atoms with E-state index in [1.54, 1.807) is 0 Å². The summed E-state index contributed by atoms with van der Waals surface area (Å²) >= 11 is 0. The highest BCUT2D eigenvalue weighted by atomic mass is 16.5. The van der Waals surface area contributed by atoms with E-state index in [-0.39, 0.29) is 18.5 Å². The number of nitrogens with one attached hydrogen (secondary N) is 1. The van der Waals surface area contributed by atoms with Crippen molar-refractivity contribution in [1.82, 2.24) is 5.32 Å². The molecule has 3 aromatic rings. The van der Waals surface area contributed by atoms with Crippen molar-refractivity contribution in [3.8, 4) is 5.75 Å². The zero-order valence-corrected chi connectivity index (χ0v) is 20.2. The maximum Gasteiger partial charge on any atom is 0.200 e. The Labute approximate surface area is 208 Å². The second kappa shape index (κ2) is 11.5. The second-order valence-electron chi connectivity index (χ2n) is 9.46. The third-order valence-electron chi connectivity index (χ3n) is 7.05. The number of hydrogen-bond donors (Lipinski definition) is 1. The summed E-state index contributed by atoms with van der Waals surface area (Å²) in [4.78, 5) is 15.1. The first kappa shape index (κ1) is 23.6. The molecule has 0 unspecified atom stereocenters. The summed E-state index contributed by atoms with van der Waals surface area (Å²) in [5, 5.41) is 3.46. The molecule has 0 radical (unpaired) electrons. The molecule has 0 saturated carbocycles. The minimum absolute atomic E-state index is 0.00264. The molecule has 0 amide bonds. The molecule has 2 heterocycles. The highest BCUT2D eigenvalue weighted by Gasteiger charge is 2.27. The number of piperidine rings is 1. The normalized spacial score (nSPS) is 20.1. The predicted molar refractivity (Wildman–Crippen MR) is 139 cm³/mol. The number of carbonyl (C=O) groups is 1. The van der Waals surface area contributed by atoms with Crippen LogP contribution in [0, 0.1) is 0 Å². The van der Waals surface area contributed by atoms with Gasteiger partial charge in [-0.15, -0.1) is 0 Å². The van der Waals surface area contributed by atoms with Gasteiger partial charge in [0.05, 0.1) is 12.7 Å². The van der Waals surface area contributed by atoms with Crippen LogP contribution in [-0.2, 0) is 11.3 Å². The Morgan fingerprint density at radius 3 is 2.54 bits per heavy atom. The lowest BCUT2D eigenvalue weighted by molar-refractivity contribution is 0.0106. The first-order valence-electron chi connectivity index (χ1n) is 12.7. The van der Waals surface area contributed by atoms with Crippen LogP contribution in [0.2, 0.25) is 0 Å². The third kappa shape index (κ3) is 6.11. The summed E-state index contributed by atoms with van der Waals surface area (Å²) in [6, 6.07) is 26.4. The zero-order chi connectivity index (χ0) is 23.9. The Morgan fingerprint density at radius 1 is 0.943 bits per heavy atom. The molecule has 0 bridgehead atoms. The van der Waals surface area contributed by atoms with Crippen molar-refractivity contribution in [2.75, 3.05) is 37.7 Å². The predicted octanol–water partition coefficient (Wildman–Crippen LogP) is 5.21. The molecule has 1 N–H and O–H groups in total. The van der Waals surface area contributed by atoms with E-state index in [2.05, 4.69) is 40.5 Å². The SMILES string of the molecule is O=C(COc1ccc([C@H]2CCNC[C@@H]2OCc2ccccc2)cc1)c1cccc(N2CCCC2)c1. The molecule has 0 aliphatic carbocycles. The van der Waals surface area contributed by atoms with Crippen LogP contribution in [0.4, 0.5) is 5.69 Å². The standard InChI is InChI=1S/C30H34N2O3/c33-29(25-9-6-10-26(19-25)32-17-4-5-18-32)22-34-27-13-11-24(12-14-27)28-15-16-31-20-30(28)35-21-23-7-2-1-3-8-23/h1-3,6-14,19,28,30-31H,4-5,15-18,20-22H2/t28-,30+/m1/s1. The fraction of sp³-hybridized carbons (Fsp3) is 0.367. The average Bonchev–Trinajstić information content (AvgIpc) is 3.47. The molecule has 3 aromatic carbocycles. The summed E-state index contributed by atoms with van der Waals surface area (Å²) in [6.45, 7) is 4.62. The maximum atomic E-state index is 12.8. The van der Waals surface area contributed by atoms with Gasteiger partial charge in [-0.05, 0) is 61.2 Å². The van der Waals surface area contributed by atoms with Gasteiger partial charge in [-0.1, -0.05) is 54.6 Å². The summed E-state index contributed by atoms with van der Waals surface area (Å²) in [5.41, 5.74) is 4.28. The van der Waals surface area contributed by atoms with Gasteiger partial charge in [0.15, 0.2) is 12.4 Å². The Morgan fingerprint density at radius 2 is 1.74 bits per heavy atom. The third-order valence-corrected chi connectivity index (χ3v) is 7.05. The van der Waals surface area contributed by atoms with Crippen molar-refractivity contribution < 1.29 is 14.3 Å². The average molecular weight is 471 g/mol. The van der Waals surface area contributed by atoms with Crippen molar-refractivity contribution in [2.24, 2.45) is 0 Å². The molecule has 2 aliphatic heterocycles. The van der Waals surface area contributed by atoms with Gasteiger partial charge in [0, 0.05) is 36.8 Å². The van der Waals surface area contributed by atoms with Gasteiger partial charge in [-0.3, -0.25) is 4.79 Å². The first-order chi connectivity index (χ1) is 17.3. The minimum atomic E-state index is 0.00264. The summed E-state index contributed by atoms with van der Waals surface area (Å²) in [7, 11) is 0. The Hall–Kier alpha value is -3.15. The van der Waals surface area contributed by atoms with E-state index in [0.717, 1.165) is 38.3 Å². The van der Waals surface area contributed by atoms with E-state index in [9.17, 15) is 4.79 Å². The van der Waals surface area contributed by atoms with Gasteiger partial charge < -0.3 is 19.7 Å². The minimum Gasteiger partial charge on any atom is -0.485 e. The number of ether oxygens (including phenoxy) is 2. The smallest absolute Gasteiger partial charge is 0.200 e. The van der Waals surface area contributed by atoms with Crippen LogP contribution in [0.25, 0.3) is 0 Å². The zero-order valence-electron chi connectivity index (χ0n) is 20.2. The number of benzene rings is 3. The fourth-order valence-corrected chi connectivity index (χ4v) is 5.06. The van der Waals surface area contributed by atoms with Crippen molar-refractivity contribution in [2.45, 2.75) is 37.9 Å². The van der Waals surface area contributed by atoms with E-state index in [4.69, 9.17) is 9.47 Å². The van der Waals surface area contributed by atoms with E-state index in [0.29, 0.717) is 23.8 Å². The number of anilines is 1. The van der Waals surface area contributed by atoms with Crippen LogP contribution in [0.3, 0.4) is 0 Å². The molecule has 0 spiro atoms. The summed E-state index contributed by atoms with van der Waals surface area (Å²) < 4.78 is 12.2. The molecule has 182 valence electrons. The number of Topliss-reactive ketones (excluding diaryl/α,β-unsaturated/α-hetero) is 1. The van der Waals surface area contributed by atoms with Crippen molar-refractivity contribution >= 4 is 11.5 Å². The number of rotatable bonds is 9. The Kier molecular flexibility index (Phi) is 7.76. The molecule has 5 heteroatoms. The largest absolute Gasteiger partial charge is 0.485 e. The van der Waals surface area contributed by atoms with Gasteiger partial charge in [-0.25, -0.2) is 0 Å². The number of ketones is 1. The molecule has 2 aliphatic rings. The van der Waals surface area contributed by atoms with Crippen LogP contribution in [0.1, 0.15) is 46.7 Å². The first-order valence-corrected chi connectivity index (χ1v) is 12.7. The highest BCUT2D eigenvalue weighted by molar-refractivity contribution is 5.98. The lowest BCUT2D eigenvalue weighted by Crippen LogP contribution is -2.40.